The van der Waals surface area contributed by atoms with Crippen molar-refractivity contribution < 1.29 is 14.5 Å². The molecular weight excluding hydrogens is 358 g/mol. The van der Waals surface area contributed by atoms with Crippen LogP contribution in [0.25, 0.3) is 0 Å². The van der Waals surface area contributed by atoms with E-state index in [0.717, 1.165) is 11.3 Å². The van der Waals surface area contributed by atoms with Gasteiger partial charge in [0, 0.05) is 30.6 Å². The third-order valence-corrected chi connectivity index (χ3v) is 5.25. The Hall–Kier alpha value is -3.09. The molecule has 7 heteroatoms. The van der Waals surface area contributed by atoms with Gasteiger partial charge in [-0.2, -0.15) is 0 Å². The van der Waals surface area contributed by atoms with Crippen molar-refractivity contribution in [3.05, 3.63) is 64.2 Å². The van der Waals surface area contributed by atoms with Crippen molar-refractivity contribution in [2.45, 2.75) is 25.8 Å². The predicted octanol–water partition coefficient (Wildman–Crippen LogP) is 3.70. The molecule has 2 aromatic carbocycles. The molecule has 3 rings (SSSR count). The van der Waals surface area contributed by atoms with Crippen LogP contribution in [-0.2, 0) is 4.79 Å². The summed E-state index contributed by atoms with van der Waals surface area (Å²) in [6, 6.07) is 14.2. The minimum absolute atomic E-state index is 0.0145. The van der Waals surface area contributed by atoms with Gasteiger partial charge in [-0.25, -0.2) is 0 Å². The molecule has 1 unspecified atom stereocenters. The number of anilines is 1. The second-order valence-electron chi connectivity index (χ2n) is 6.98. The van der Waals surface area contributed by atoms with Gasteiger partial charge in [0.25, 0.3) is 5.69 Å². The van der Waals surface area contributed by atoms with Crippen molar-refractivity contribution in [1.82, 2.24) is 5.32 Å². The maximum absolute atomic E-state index is 12.7. The Kier molecular flexibility index (Phi) is 6.13. The summed E-state index contributed by atoms with van der Waals surface area (Å²) in [7, 11) is 1.62. The van der Waals surface area contributed by atoms with Gasteiger partial charge in [-0.1, -0.05) is 30.3 Å². The van der Waals surface area contributed by atoms with E-state index in [4.69, 9.17) is 4.74 Å². The van der Waals surface area contributed by atoms with Crippen molar-refractivity contribution in [3.63, 3.8) is 0 Å². The molecule has 1 aliphatic rings. The van der Waals surface area contributed by atoms with Crippen molar-refractivity contribution in [2.75, 3.05) is 25.1 Å². The van der Waals surface area contributed by atoms with Crippen molar-refractivity contribution in [2.24, 2.45) is 5.92 Å². The number of piperidine rings is 1. The molecule has 0 saturated carbocycles. The predicted molar refractivity (Wildman–Crippen MR) is 108 cm³/mol. The quantitative estimate of drug-likeness (QED) is 0.607. The summed E-state index contributed by atoms with van der Waals surface area (Å²) in [6.07, 6.45) is 1.33. The zero-order chi connectivity index (χ0) is 20.1. The first-order chi connectivity index (χ1) is 13.5. The van der Waals surface area contributed by atoms with Gasteiger partial charge in [-0.15, -0.1) is 0 Å². The number of nitrogens with zero attached hydrogens (tertiary/aromatic N) is 2. The van der Waals surface area contributed by atoms with E-state index in [0.29, 0.717) is 31.6 Å². The molecule has 0 radical (unpaired) electrons. The molecule has 1 atom stereocenters. The number of carbonyl (C=O) groups is 1. The lowest BCUT2D eigenvalue weighted by molar-refractivity contribution is -0.384. The molecule has 148 valence electrons. The van der Waals surface area contributed by atoms with Gasteiger partial charge in [-0.3, -0.25) is 14.9 Å². The summed E-state index contributed by atoms with van der Waals surface area (Å²) >= 11 is 0. The smallest absolute Gasteiger partial charge is 0.292 e. The third-order valence-electron chi connectivity index (χ3n) is 5.25. The van der Waals surface area contributed by atoms with Crippen LogP contribution in [0.3, 0.4) is 0 Å². The molecule has 0 aromatic heterocycles. The van der Waals surface area contributed by atoms with Crippen molar-refractivity contribution in [3.8, 4) is 5.75 Å². The molecule has 28 heavy (non-hydrogen) atoms. The monoisotopic (exact) mass is 383 g/mol. The Morgan fingerprint density at radius 2 is 1.82 bits per heavy atom. The molecule has 7 nitrogen and oxygen atoms in total. The van der Waals surface area contributed by atoms with Crippen LogP contribution in [0.4, 0.5) is 11.4 Å². The largest absolute Gasteiger partial charge is 0.496 e. The van der Waals surface area contributed by atoms with Crippen LogP contribution in [0.15, 0.2) is 48.5 Å². The summed E-state index contributed by atoms with van der Waals surface area (Å²) in [5.41, 5.74) is 1.67. The Morgan fingerprint density at radius 1 is 1.18 bits per heavy atom. The standard InChI is InChI=1S/C21H25N3O4/c1-15(17-7-3-6-10-20(17)28-2)22-21(25)16-11-13-23(14-12-16)18-8-4-5-9-19(18)24(26)27/h3-10,15-16H,11-14H2,1-2H3,(H,22,25). The highest BCUT2D eigenvalue weighted by molar-refractivity contribution is 5.79. The van der Waals surface area contributed by atoms with Crippen LogP contribution < -0.4 is 15.0 Å². The molecule has 0 aliphatic carbocycles. The van der Waals surface area contributed by atoms with Crippen LogP contribution in [0.5, 0.6) is 5.75 Å². The number of rotatable bonds is 6. The number of amides is 1. The summed E-state index contributed by atoms with van der Waals surface area (Å²) in [5.74, 6) is 0.665. The number of hydrogen-bond acceptors (Lipinski definition) is 5. The molecule has 0 spiro atoms. The van der Waals surface area contributed by atoms with Crippen LogP contribution in [0, 0.1) is 16.0 Å². The van der Waals surface area contributed by atoms with Gasteiger partial charge in [0.15, 0.2) is 0 Å². The molecule has 1 saturated heterocycles. The number of benzene rings is 2. The maximum Gasteiger partial charge on any atom is 0.292 e. The van der Waals surface area contributed by atoms with E-state index in [2.05, 4.69) is 5.32 Å². The fourth-order valence-electron chi connectivity index (χ4n) is 3.70. The summed E-state index contributed by atoms with van der Waals surface area (Å²) in [5, 5.41) is 14.3. The number of methoxy groups -OCH3 is 1. The van der Waals surface area contributed by atoms with Crippen LogP contribution >= 0.6 is 0 Å². The van der Waals surface area contributed by atoms with E-state index in [1.165, 1.54) is 6.07 Å². The van der Waals surface area contributed by atoms with Gasteiger partial charge < -0.3 is 15.0 Å². The Bertz CT molecular complexity index is 847. The molecule has 0 bridgehead atoms. The minimum Gasteiger partial charge on any atom is -0.496 e. The van der Waals surface area contributed by atoms with E-state index < -0.39 is 0 Å². The highest BCUT2D eigenvalue weighted by Crippen LogP contribution is 2.31. The molecule has 1 amide bonds. The van der Waals surface area contributed by atoms with Gasteiger partial charge in [0.05, 0.1) is 18.1 Å². The number of hydrogen-bond donors (Lipinski definition) is 1. The van der Waals surface area contributed by atoms with Gasteiger partial charge in [0.2, 0.25) is 5.91 Å². The number of ether oxygens (including phenoxy) is 1. The first-order valence-electron chi connectivity index (χ1n) is 9.43. The normalized spacial score (nSPS) is 15.7. The van der Waals surface area contributed by atoms with E-state index in [1.54, 1.807) is 25.3 Å². The highest BCUT2D eigenvalue weighted by atomic mass is 16.6. The van der Waals surface area contributed by atoms with Gasteiger partial charge in [0.1, 0.15) is 11.4 Å². The average Bonchev–Trinajstić information content (AvgIpc) is 2.73. The fraction of sp³-hybridized carbons (Fsp3) is 0.381. The van der Waals surface area contributed by atoms with E-state index in [1.807, 2.05) is 36.1 Å². The second kappa shape index (κ2) is 8.73. The molecular formula is C21H25N3O4. The average molecular weight is 383 g/mol. The number of nitro benzene ring substituents is 1. The summed E-state index contributed by atoms with van der Waals surface area (Å²) < 4.78 is 5.37. The molecule has 1 aliphatic heterocycles. The maximum atomic E-state index is 12.7. The van der Waals surface area contributed by atoms with Crippen LogP contribution in [0.1, 0.15) is 31.4 Å². The SMILES string of the molecule is COc1ccccc1C(C)NC(=O)C1CCN(c2ccccc2[N+](=O)[O-])CC1. The van der Waals surface area contributed by atoms with E-state index >= 15 is 0 Å². The van der Waals surface area contributed by atoms with Gasteiger partial charge >= 0.3 is 0 Å². The first-order valence-corrected chi connectivity index (χ1v) is 9.43. The highest BCUT2D eigenvalue weighted by Gasteiger charge is 2.29. The Balaban J connectivity index is 1.61. The van der Waals surface area contributed by atoms with Crippen molar-refractivity contribution in [1.29, 1.82) is 0 Å². The lowest BCUT2D eigenvalue weighted by Crippen LogP contribution is -2.41. The third kappa shape index (κ3) is 4.24. The molecule has 1 N–H and O–H groups in total. The topological polar surface area (TPSA) is 84.7 Å². The van der Waals surface area contributed by atoms with Crippen molar-refractivity contribution >= 4 is 17.3 Å². The molecule has 1 heterocycles. The molecule has 2 aromatic rings. The molecule has 1 fully saturated rings. The second-order valence-corrected chi connectivity index (χ2v) is 6.98. The van der Waals surface area contributed by atoms with Gasteiger partial charge in [-0.05, 0) is 31.9 Å². The fourth-order valence-corrected chi connectivity index (χ4v) is 3.70. The lowest BCUT2D eigenvalue weighted by atomic mass is 9.94. The van der Waals surface area contributed by atoms with Crippen LogP contribution in [-0.4, -0.2) is 31.0 Å². The number of nitro groups is 1. The van der Waals surface area contributed by atoms with Crippen LogP contribution in [0.2, 0.25) is 0 Å². The minimum atomic E-state index is -0.358. The van der Waals surface area contributed by atoms with E-state index in [-0.39, 0.29) is 28.5 Å². The summed E-state index contributed by atoms with van der Waals surface area (Å²) in [6.45, 7) is 3.18. The first kappa shape index (κ1) is 19.7. The van der Waals surface area contributed by atoms with E-state index in [9.17, 15) is 14.9 Å². The zero-order valence-electron chi connectivity index (χ0n) is 16.1. The Morgan fingerprint density at radius 3 is 2.50 bits per heavy atom. The Labute approximate surface area is 164 Å². The number of carbonyl (C=O) groups excluding carboxylic acids is 1. The number of nitrogens with one attached hydrogen (secondary N) is 1. The zero-order valence-corrected chi connectivity index (χ0v) is 16.1. The summed E-state index contributed by atoms with van der Waals surface area (Å²) in [4.78, 5) is 25.6. The lowest BCUT2D eigenvalue weighted by Gasteiger charge is -2.33. The number of para-hydroxylation sites is 3.